The van der Waals surface area contributed by atoms with Crippen molar-refractivity contribution in [3.8, 4) is 0 Å². The summed E-state index contributed by atoms with van der Waals surface area (Å²) in [5.41, 5.74) is 6.19. The lowest BCUT2D eigenvalue weighted by atomic mass is 10.2. The van der Waals surface area contributed by atoms with E-state index in [1.54, 1.807) is 6.08 Å². The summed E-state index contributed by atoms with van der Waals surface area (Å²) in [5, 5.41) is 6.93. The molecule has 0 saturated heterocycles. The van der Waals surface area contributed by atoms with Gasteiger partial charge in [0.2, 0.25) is 0 Å². The summed E-state index contributed by atoms with van der Waals surface area (Å²) in [6.07, 6.45) is 3.37. The van der Waals surface area contributed by atoms with Crippen molar-refractivity contribution >= 4 is 24.3 Å². The average Bonchev–Trinajstić information content (AvgIpc) is 2.03. The summed E-state index contributed by atoms with van der Waals surface area (Å²) in [6.45, 7) is 0. The van der Waals surface area contributed by atoms with Crippen LogP contribution in [0.4, 0.5) is 0 Å². The fourth-order valence-corrected chi connectivity index (χ4v) is 0.750. The fraction of sp³-hybridized carbons (Fsp3) is 0. The molecule has 0 amide bonds. The van der Waals surface area contributed by atoms with Gasteiger partial charge in [-0.1, -0.05) is 36.4 Å². The van der Waals surface area contributed by atoms with E-state index in [0.717, 1.165) is 5.56 Å². The van der Waals surface area contributed by atoms with Crippen LogP contribution in [-0.2, 0) is 0 Å². The predicted octanol–water partition coefficient (Wildman–Crippen LogP) is 1.23. The number of nitrogens with two attached hydrogens (primary N) is 1. The van der Waals surface area contributed by atoms with Gasteiger partial charge in [0.1, 0.15) is 5.84 Å². The first-order valence-corrected chi connectivity index (χ1v) is 3.36. The van der Waals surface area contributed by atoms with Crippen LogP contribution >= 0.6 is 12.4 Å². The molecule has 3 nitrogen and oxygen atoms in total. The van der Waals surface area contributed by atoms with E-state index in [9.17, 15) is 0 Å². The van der Waals surface area contributed by atoms with Crippen molar-refractivity contribution in [3.63, 3.8) is 0 Å². The van der Waals surface area contributed by atoms with Gasteiger partial charge in [0, 0.05) is 0 Å². The number of hydrogen-bond donors (Lipinski definition) is 2. The second-order valence-electron chi connectivity index (χ2n) is 2.20. The molecule has 1 aromatic rings. The lowest BCUT2D eigenvalue weighted by Crippen LogP contribution is -2.03. The highest BCUT2D eigenvalue weighted by Crippen LogP contribution is 1.99. The third-order valence-corrected chi connectivity index (χ3v) is 1.25. The zero-order chi connectivity index (χ0) is 8.10. The van der Waals surface area contributed by atoms with Crippen molar-refractivity contribution < 1.29 is 5.48 Å². The summed E-state index contributed by atoms with van der Waals surface area (Å²) in [6, 6.07) is 9.75. The van der Waals surface area contributed by atoms with E-state index in [-0.39, 0.29) is 23.7 Å². The van der Waals surface area contributed by atoms with Crippen molar-refractivity contribution in [2.45, 2.75) is 0 Å². The molecule has 0 fully saturated rings. The quantitative estimate of drug-likeness (QED) is 0.547. The van der Waals surface area contributed by atoms with E-state index in [2.05, 4.69) is 0 Å². The van der Waals surface area contributed by atoms with Gasteiger partial charge in [0.05, 0.1) is 0 Å². The standard InChI is InChI=1S/C9H10N2.ClH.H2O/c10-9(11)7-6-8-4-2-1-3-5-8;;/h1-7H,(H3,10,11);1H;1H2/b7-6+;;. The maximum absolute atomic E-state index is 6.93. The van der Waals surface area contributed by atoms with E-state index >= 15 is 0 Å². The first kappa shape index (κ1) is 14.2. The average molecular weight is 201 g/mol. The molecule has 0 saturated carbocycles. The van der Waals surface area contributed by atoms with Crippen LogP contribution < -0.4 is 5.73 Å². The molecule has 0 bridgehead atoms. The highest BCUT2D eigenvalue weighted by atomic mass is 35.5. The summed E-state index contributed by atoms with van der Waals surface area (Å²) in [4.78, 5) is 0. The molecule has 0 aliphatic rings. The minimum Gasteiger partial charge on any atom is -0.412 e. The summed E-state index contributed by atoms with van der Waals surface area (Å²) < 4.78 is 0. The van der Waals surface area contributed by atoms with Crippen molar-refractivity contribution in [2.75, 3.05) is 0 Å². The van der Waals surface area contributed by atoms with Gasteiger partial charge in [0.15, 0.2) is 0 Å². The normalized spacial score (nSPS) is 8.62. The molecule has 5 N–H and O–H groups in total. The zero-order valence-electron chi connectivity index (χ0n) is 7.03. The van der Waals surface area contributed by atoms with Crippen LogP contribution in [-0.4, -0.2) is 11.3 Å². The minimum absolute atomic E-state index is 0. The molecule has 0 aliphatic carbocycles. The molecule has 0 atom stereocenters. The highest BCUT2D eigenvalue weighted by Gasteiger charge is 1.81. The second kappa shape index (κ2) is 7.34. The maximum atomic E-state index is 6.93. The molecule has 1 aromatic carbocycles. The van der Waals surface area contributed by atoms with Crippen LogP contribution in [0.2, 0.25) is 0 Å². The van der Waals surface area contributed by atoms with Crippen LogP contribution in [0, 0.1) is 5.41 Å². The van der Waals surface area contributed by atoms with Gasteiger partial charge < -0.3 is 11.2 Å². The molecule has 0 unspecified atom stereocenters. The van der Waals surface area contributed by atoms with E-state index in [4.69, 9.17) is 11.1 Å². The van der Waals surface area contributed by atoms with Gasteiger partial charge in [-0.05, 0) is 11.6 Å². The molecule has 0 radical (unpaired) electrons. The van der Waals surface area contributed by atoms with Crippen molar-refractivity contribution in [3.05, 3.63) is 42.0 Å². The maximum Gasteiger partial charge on any atom is 0.115 e. The Balaban J connectivity index is 0. The van der Waals surface area contributed by atoms with Crippen LogP contribution in [0.3, 0.4) is 0 Å². The van der Waals surface area contributed by atoms with E-state index in [1.165, 1.54) is 0 Å². The third-order valence-electron chi connectivity index (χ3n) is 1.25. The lowest BCUT2D eigenvalue weighted by Gasteiger charge is -1.89. The molecule has 72 valence electrons. The monoisotopic (exact) mass is 200 g/mol. The lowest BCUT2D eigenvalue weighted by molar-refractivity contribution is 0.824. The van der Waals surface area contributed by atoms with Crippen LogP contribution in [0.15, 0.2) is 36.4 Å². The Bertz CT molecular complexity index is 272. The molecule has 0 spiro atoms. The smallest absolute Gasteiger partial charge is 0.115 e. The Morgan fingerprint density at radius 2 is 1.77 bits per heavy atom. The van der Waals surface area contributed by atoms with Gasteiger partial charge in [0.25, 0.3) is 0 Å². The second-order valence-corrected chi connectivity index (χ2v) is 2.20. The van der Waals surface area contributed by atoms with Gasteiger partial charge in [-0.2, -0.15) is 0 Å². The number of rotatable bonds is 2. The number of halogens is 1. The number of benzene rings is 1. The molecule has 1 rings (SSSR count). The minimum atomic E-state index is 0. The Kier molecular flexibility index (Phi) is 8.02. The Labute approximate surface area is 83.5 Å². The van der Waals surface area contributed by atoms with Gasteiger partial charge in [-0.15, -0.1) is 12.4 Å². The molecule has 13 heavy (non-hydrogen) atoms. The Morgan fingerprint density at radius 1 is 1.23 bits per heavy atom. The van der Waals surface area contributed by atoms with Crippen molar-refractivity contribution in [2.24, 2.45) is 5.73 Å². The van der Waals surface area contributed by atoms with E-state index in [1.807, 2.05) is 36.4 Å². The summed E-state index contributed by atoms with van der Waals surface area (Å²) in [7, 11) is 0. The highest BCUT2D eigenvalue weighted by molar-refractivity contribution is 5.92. The van der Waals surface area contributed by atoms with E-state index in [0.29, 0.717) is 0 Å². The molecule has 0 aromatic heterocycles. The molecular formula is C9H13ClN2O. The van der Waals surface area contributed by atoms with Gasteiger partial charge in [-0.3, -0.25) is 5.41 Å². The number of nitrogens with one attached hydrogen (secondary N) is 1. The number of hydrogen-bond acceptors (Lipinski definition) is 1. The van der Waals surface area contributed by atoms with Crippen molar-refractivity contribution in [1.82, 2.24) is 0 Å². The molecule has 0 aliphatic heterocycles. The third kappa shape index (κ3) is 5.90. The van der Waals surface area contributed by atoms with Crippen LogP contribution in [0.5, 0.6) is 0 Å². The summed E-state index contributed by atoms with van der Waals surface area (Å²) >= 11 is 0. The van der Waals surface area contributed by atoms with Crippen molar-refractivity contribution in [1.29, 1.82) is 5.41 Å². The summed E-state index contributed by atoms with van der Waals surface area (Å²) in [5.74, 6) is 0.0776. The molecular weight excluding hydrogens is 188 g/mol. The van der Waals surface area contributed by atoms with Gasteiger partial charge in [-0.25, -0.2) is 0 Å². The SMILES string of the molecule is Cl.N=C(N)/C=C/c1ccccc1.O. The topological polar surface area (TPSA) is 81.4 Å². The zero-order valence-corrected chi connectivity index (χ0v) is 7.84. The first-order chi connectivity index (χ1) is 5.29. The fourth-order valence-electron chi connectivity index (χ4n) is 0.750. The Hall–Kier alpha value is -1.32. The van der Waals surface area contributed by atoms with E-state index < -0.39 is 0 Å². The first-order valence-electron chi connectivity index (χ1n) is 3.36. The number of amidine groups is 1. The largest absolute Gasteiger partial charge is 0.412 e. The Morgan fingerprint density at radius 3 is 2.23 bits per heavy atom. The predicted molar refractivity (Wildman–Crippen MR) is 58.3 cm³/mol. The van der Waals surface area contributed by atoms with Crippen LogP contribution in [0.1, 0.15) is 5.56 Å². The van der Waals surface area contributed by atoms with Crippen LogP contribution in [0.25, 0.3) is 6.08 Å². The molecule has 0 heterocycles. The van der Waals surface area contributed by atoms with Gasteiger partial charge >= 0.3 is 0 Å². The molecule has 4 heteroatoms.